The van der Waals surface area contributed by atoms with Crippen LogP contribution < -0.4 is 20.3 Å². The van der Waals surface area contributed by atoms with E-state index in [1.54, 1.807) is 13.2 Å². The van der Waals surface area contributed by atoms with Crippen LogP contribution in [0.25, 0.3) is 0 Å². The van der Waals surface area contributed by atoms with Crippen LogP contribution in [-0.4, -0.2) is 42.8 Å². The molecule has 0 saturated carbocycles. The fourth-order valence-corrected chi connectivity index (χ4v) is 5.64. The summed E-state index contributed by atoms with van der Waals surface area (Å²) in [4.78, 5) is 19.5. The molecule has 44 heavy (non-hydrogen) atoms. The number of rotatable bonds is 13. The van der Waals surface area contributed by atoms with Crippen LogP contribution in [0.3, 0.4) is 0 Å². The quantitative estimate of drug-likeness (QED) is 0.115. The third kappa shape index (κ3) is 7.42. The molecule has 2 atom stereocenters. The van der Waals surface area contributed by atoms with Gasteiger partial charge in [-0.15, -0.1) is 0 Å². The number of nitrogens with one attached hydrogen (secondary N) is 2. The lowest BCUT2D eigenvalue weighted by molar-refractivity contribution is -0.130. The number of hydrogen-bond acceptors (Lipinski definition) is 7. The molecule has 0 bridgehead atoms. The third-order valence-electron chi connectivity index (χ3n) is 7.23. The van der Waals surface area contributed by atoms with E-state index in [1.807, 2.05) is 91.0 Å². The molecule has 4 aromatic rings. The molecule has 1 aliphatic heterocycles. The summed E-state index contributed by atoms with van der Waals surface area (Å²) in [7, 11) is 1.60. The molecule has 228 valence electrons. The number of methoxy groups -OCH3 is 1. The first-order valence-corrected chi connectivity index (χ1v) is 15.3. The molecular formula is C34H33BrClN3O5. The average molecular weight is 679 g/mol. The Kier molecular flexibility index (Phi) is 10.6. The second-order valence-corrected chi connectivity index (χ2v) is 11.6. The Hall–Kier alpha value is -3.89. The van der Waals surface area contributed by atoms with Crippen molar-refractivity contribution in [3.8, 4) is 11.5 Å². The highest BCUT2D eigenvalue weighted by molar-refractivity contribution is 9.10. The van der Waals surface area contributed by atoms with Gasteiger partial charge in [-0.25, -0.2) is 10.4 Å². The zero-order chi connectivity index (χ0) is 30.9. The van der Waals surface area contributed by atoms with E-state index in [2.05, 4.69) is 26.8 Å². The van der Waals surface area contributed by atoms with Crippen molar-refractivity contribution in [2.75, 3.05) is 20.3 Å². The number of amides is 1. The first-order valence-electron chi connectivity index (χ1n) is 14.2. The van der Waals surface area contributed by atoms with Crippen molar-refractivity contribution in [3.63, 3.8) is 0 Å². The minimum absolute atomic E-state index is 0.0595. The van der Waals surface area contributed by atoms with E-state index in [-0.39, 0.29) is 18.9 Å². The number of nitrogens with zero attached hydrogens (tertiary/aromatic N) is 1. The predicted molar refractivity (Wildman–Crippen MR) is 174 cm³/mol. The minimum Gasteiger partial charge on any atom is -0.497 e. The number of carbonyl (C=O) groups is 1. The fourth-order valence-electron chi connectivity index (χ4n) is 5.00. The monoisotopic (exact) mass is 677 g/mol. The van der Waals surface area contributed by atoms with Crippen LogP contribution in [0.5, 0.6) is 11.5 Å². The first kappa shape index (κ1) is 31.5. The Morgan fingerprint density at radius 1 is 1.02 bits per heavy atom. The molecule has 0 radical (unpaired) electrons. The number of aliphatic imine (C=N–C) groups is 1. The molecule has 0 saturated heterocycles. The van der Waals surface area contributed by atoms with Gasteiger partial charge in [0.15, 0.2) is 11.6 Å². The van der Waals surface area contributed by atoms with Gasteiger partial charge < -0.3 is 19.3 Å². The Morgan fingerprint density at radius 3 is 2.57 bits per heavy atom. The third-order valence-corrected chi connectivity index (χ3v) is 8.24. The van der Waals surface area contributed by atoms with Crippen LogP contribution in [0, 0.1) is 0 Å². The maximum Gasteiger partial charge on any atom is 0.266 e. The van der Waals surface area contributed by atoms with Gasteiger partial charge in [-0.1, -0.05) is 70.0 Å². The SMILES string of the molecule is COc1cccc([C@@H]2OC(c3ccc(OCCCO)cc3)=N[C@]2(Cc2ccccc2Br)C(=O)NNCc2cccc(Cl)c2)c1. The molecule has 5 rings (SSSR count). The van der Waals surface area contributed by atoms with Gasteiger partial charge in [0.05, 0.1) is 13.7 Å². The van der Waals surface area contributed by atoms with E-state index in [0.717, 1.165) is 21.2 Å². The lowest BCUT2D eigenvalue weighted by Crippen LogP contribution is -2.53. The lowest BCUT2D eigenvalue weighted by atomic mass is 9.82. The highest BCUT2D eigenvalue weighted by Crippen LogP contribution is 2.44. The largest absolute Gasteiger partial charge is 0.497 e. The number of benzene rings is 4. The first-order chi connectivity index (χ1) is 21.4. The van der Waals surface area contributed by atoms with Gasteiger partial charge in [-0.05, 0) is 71.3 Å². The van der Waals surface area contributed by atoms with E-state index >= 15 is 0 Å². The van der Waals surface area contributed by atoms with E-state index in [1.165, 1.54) is 0 Å². The highest BCUT2D eigenvalue weighted by atomic mass is 79.9. The number of hydrazine groups is 1. The summed E-state index contributed by atoms with van der Waals surface area (Å²) in [6.45, 7) is 0.822. The second-order valence-electron chi connectivity index (χ2n) is 10.3. The molecule has 1 heterocycles. The number of hydrogen-bond donors (Lipinski definition) is 3. The van der Waals surface area contributed by atoms with Crippen LogP contribution in [-0.2, 0) is 22.5 Å². The average Bonchev–Trinajstić information content (AvgIpc) is 3.43. The Labute approximate surface area is 270 Å². The van der Waals surface area contributed by atoms with Gasteiger partial charge in [0.2, 0.25) is 5.90 Å². The van der Waals surface area contributed by atoms with Crippen molar-refractivity contribution in [1.82, 2.24) is 10.9 Å². The van der Waals surface area contributed by atoms with Gasteiger partial charge in [-0.3, -0.25) is 10.2 Å². The van der Waals surface area contributed by atoms with Gasteiger partial charge in [-0.2, -0.15) is 0 Å². The number of carbonyl (C=O) groups excluding carboxylic acids is 1. The van der Waals surface area contributed by atoms with Crippen LogP contribution >= 0.6 is 27.5 Å². The summed E-state index contributed by atoms with van der Waals surface area (Å²) < 4.78 is 18.7. The Bertz CT molecular complexity index is 1620. The standard InChI is InChI=1S/C34H33BrClN3O5/c1-42-29-11-5-9-25(20-29)31-34(21-26-8-2-3-12-30(26)35,33(41)39-37-22-23-7-4-10-27(36)19-23)38-32(44-31)24-13-15-28(16-14-24)43-18-6-17-40/h2-5,7-16,19-20,31,37,40H,6,17-18,21-22H2,1H3,(H,39,41)/t31-,34-/m0/s1. The molecule has 0 unspecified atom stereocenters. The van der Waals surface area contributed by atoms with E-state index in [9.17, 15) is 4.79 Å². The molecule has 0 aromatic heterocycles. The van der Waals surface area contributed by atoms with Crippen LogP contribution in [0.4, 0.5) is 0 Å². The second kappa shape index (κ2) is 14.7. The fraction of sp³-hybridized carbons (Fsp3) is 0.235. The zero-order valence-electron chi connectivity index (χ0n) is 24.1. The van der Waals surface area contributed by atoms with Crippen molar-refractivity contribution >= 4 is 39.3 Å². The number of aliphatic hydroxyl groups is 1. The summed E-state index contributed by atoms with van der Waals surface area (Å²) in [6, 6.07) is 30.0. The Balaban J connectivity index is 1.54. The summed E-state index contributed by atoms with van der Waals surface area (Å²) in [6.07, 6.45) is -0.00173. The van der Waals surface area contributed by atoms with E-state index in [0.29, 0.717) is 47.6 Å². The van der Waals surface area contributed by atoms with Crippen LogP contribution in [0.1, 0.15) is 34.8 Å². The molecule has 4 aromatic carbocycles. The predicted octanol–water partition coefficient (Wildman–Crippen LogP) is 6.19. The summed E-state index contributed by atoms with van der Waals surface area (Å²) in [5.41, 5.74) is 7.81. The number of halogens is 2. The van der Waals surface area contributed by atoms with Crippen molar-refractivity contribution < 1.29 is 24.1 Å². The summed E-state index contributed by atoms with van der Waals surface area (Å²) in [5.74, 6) is 1.27. The van der Waals surface area contributed by atoms with Gasteiger partial charge >= 0.3 is 0 Å². The summed E-state index contributed by atoms with van der Waals surface area (Å²) >= 11 is 9.82. The minimum atomic E-state index is -1.40. The maximum atomic E-state index is 14.4. The normalized spacial score (nSPS) is 17.5. The molecule has 10 heteroatoms. The Morgan fingerprint density at radius 2 is 1.82 bits per heavy atom. The molecule has 0 fully saturated rings. The zero-order valence-corrected chi connectivity index (χ0v) is 26.5. The highest BCUT2D eigenvalue weighted by Gasteiger charge is 2.53. The molecule has 1 amide bonds. The lowest BCUT2D eigenvalue weighted by Gasteiger charge is -2.31. The van der Waals surface area contributed by atoms with E-state index in [4.69, 9.17) is 35.9 Å². The van der Waals surface area contributed by atoms with Crippen molar-refractivity contribution in [3.05, 3.63) is 129 Å². The van der Waals surface area contributed by atoms with Crippen molar-refractivity contribution in [2.45, 2.75) is 31.0 Å². The molecular weight excluding hydrogens is 646 g/mol. The molecule has 8 nitrogen and oxygen atoms in total. The molecule has 3 N–H and O–H groups in total. The molecule has 0 aliphatic carbocycles. The summed E-state index contributed by atoms with van der Waals surface area (Å²) in [5, 5.41) is 9.67. The van der Waals surface area contributed by atoms with Gasteiger partial charge in [0.25, 0.3) is 5.91 Å². The maximum absolute atomic E-state index is 14.4. The number of ether oxygens (including phenoxy) is 3. The van der Waals surface area contributed by atoms with Gasteiger partial charge in [0, 0.05) is 41.1 Å². The molecule has 0 spiro atoms. The smallest absolute Gasteiger partial charge is 0.266 e. The topological polar surface area (TPSA) is 101 Å². The van der Waals surface area contributed by atoms with Crippen molar-refractivity contribution in [1.29, 1.82) is 0 Å². The van der Waals surface area contributed by atoms with Gasteiger partial charge in [0.1, 0.15) is 11.5 Å². The van der Waals surface area contributed by atoms with Crippen molar-refractivity contribution in [2.24, 2.45) is 4.99 Å². The van der Waals surface area contributed by atoms with E-state index < -0.39 is 11.6 Å². The molecule has 1 aliphatic rings. The van der Waals surface area contributed by atoms with Crippen LogP contribution in [0.2, 0.25) is 5.02 Å². The number of aliphatic hydroxyl groups excluding tert-OH is 1. The van der Waals surface area contributed by atoms with Crippen LogP contribution in [0.15, 0.2) is 107 Å².